The van der Waals surface area contributed by atoms with Crippen molar-refractivity contribution in [2.45, 2.75) is 44.6 Å². The van der Waals surface area contributed by atoms with Gasteiger partial charge in [0.1, 0.15) is 0 Å². The Morgan fingerprint density at radius 1 is 1.29 bits per heavy atom. The average molecular weight is 297 g/mol. The first kappa shape index (κ1) is 15.9. The molecular formula is C16H21F2NO2. The maximum Gasteiger partial charge on any atom is 0.223 e. The van der Waals surface area contributed by atoms with E-state index in [4.69, 9.17) is 5.11 Å². The van der Waals surface area contributed by atoms with Crippen LogP contribution in [0.2, 0.25) is 0 Å². The predicted octanol–water partition coefficient (Wildman–Crippen LogP) is 2.66. The van der Waals surface area contributed by atoms with Gasteiger partial charge in [0.25, 0.3) is 0 Å². The SMILES string of the molecule is O=C(CCc1ccc(F)c(F)c1)N(CCCO)C1CCC1. The molecule has 1 amide bonds. The number of aryl methyl sites for hydroxylation is 1. The van der Waals surface area contributed by atoms with Gasteiger partial charge in [0, 0.05) is 25.6 Å². The Morgan fingerprint density at radius 3 is 2.62 bits per heavy atom. The van der Waals surface area contributed by atoms with Gasteiger partial charge in [-0.3, -0.25) is 4.79 Å². The Bertz CT molecular complexity index is 489. The van der Waals surface area contributed by atoms with E-state index >= 15 is 0 Å². The molecule has 0 spiro atoms. The summed E-state index contributed by atoms with van der Waals surface area (Å²) in [5.41, 5.74) is 0.623. The number of aliphatic hydroxyl groups is 1. The largest absolute Gasteiger partial charge is 0.396 e. The molecule has 1 aliphatic rings. The number of rotatable bonds is 7. The summed E-state index contributed by atoms with van der Waals surface area (Å²) in [7, 11) is 0. The molecule has 1 aromatic carbocycles. The number of hydrogen-bond acceptors (Lipinski definition) is 2. The van der Waals surface area contributed by atoms with Gasteiger partial charge in [-0.25, -0.2) is 8.78 Å². The third-order valence-electron chi connectivity index (χ3n) is 4.00. The van der Waals surface area contributed by atoms with Crippen LogP contribution in [0.4, 0.5) is 8.78 Å². The topological polar surface area (TPSA) is 40.5 Å². The van der Waals surface area contributed by atoms with Crippen LogP contribution >= 0.6 is 0 Å². The highest BCUT2D eigenvalue weighted by Gasteiger charge is 2.27. The van der Waals surface area contributed by atoms with Crippen LogP contribution in [0.25, 0.3) is 0 Å². The van der Waals surface area contributed by atoms with Gasteiger partial charge < -0.3 is 10.0 Å². The van der Waals surface area contributed by atoms with E-state index in [1.807, 2.05) is 4.90 Å². The smallest absolute Gasteiger partial charge is 0.223 e. The number of halogens is 2. The van der Waals surface area contributed by atoms with Crippen molar-refractivity contribution in [1.82, 2.24) is 4.90 Å². The lowest BCUT2D eigenvalue weighted by Gasteiger charge is -2.37. The maximum absolute atomic E-state index is 13.1. The van der Waals surface area contributed by atoms with Crippen molar-refractivity contribution in [1.29, 1.82) is 0 Å². The minimum absolute atomic E-state index is 0.0258. The third-order valence-corrected chi connectivity index (χ3v) is 4.00. The Kier molecular flexibility index (Phi) is 5.67. The second-order valence-corrected chi connectivity index (χ2v) is 5.50. The average Bonchev–Trinajstić information content (AvgIpc) is 2.42. The molecule has 0 aromatic heterocycles. The molecule has 1 saturated carbocycles. The zero-order valence-corrected chi connectivity index (χ0v) is 12.0. The van der Waals surface area contributed by atoms with Crippen LogP contribution in [0.5, 0.6) is 0 Å². The fourth-order valence-corrected chi connectivity index (χ4v) is 2.54. The molecule has 0 bridgehead atoms. The summed E-state index contributed by atoms with van der Waals surface area (Å²) in [6.45, 7) is 0.636. The van der Waals surface area contributed by atoms with E-state index in [0.717, 1.165) is 31.4 Å². The van der Waals surface area contributed by atoms with Crippen LogP contribution in [0.3, 0.4) is 0 Å². The van der Waals surface area contributed by atoms with Crippen molar-refractivity contribution < 1.29 is 18.7 Å². The molecule has 0 unspecified atom stereocenters. The molecule has 2 rings (SSSR count). The molecule has 0 saturated heterocycles. The van der Waals surface area contributed by atoms with Crippen molar-refractivity contribution in [2.75, 3.05) is 13.2 Å². The lowest BCUT2D eigenvalue weighted by atomic mass is 9.91. The van der Waals surface area contributed by atoms with Gasteiger partial charge in [-0.2, -0.15) is 0 Å². The summed E-state index contributed by atoms with van der Waals surface area (Å²) in [5.74, 6) is -1.72. The summed E-state index contributed by atoms with van der Waals surface area (Å²) in [6, 6.07) is 4.02. The second-order valence-electron chi connectivity index (χ2n) is 5.50. The van der Waals surface area contributed by atoms with Crippen LogP contribution in [-0.4, -0.2) is 35.1 Å². The number of hydrogen-bond donors (Lipinski definition) is 1. The van der Waals surface area contributed by atoms with Crippen molar-refractivity contribution >= 4 is 5.91 Å². The monoisotopic (exact) mass is 297 g/mol. The molecule has 5 heteroatoms. The van der Waals surface area contributed by atoms with Gasteiger partial charge in [0.2, 0.25) is 5.91 Å². The molecule has 1 fully saturated rings. The van der Waals surface area contributed by atoms with Crippen LogP contribution < -0.4 is 0 Å². The van der Waals surface area contributed by atoms with Gasteiger partial charge in [-0.05, 0) is 49.8 Å². The first-order chi connectivity index (χ1) is 10.1. The molecule has 3 nitrogen and oxygen atoms in total. The van der Waals surface area contributed by atoms with Gasteiger partial charge in [-0.15, -0.1) is 0 Å². The van der Waals surface area contributed by atoms with Crippen LogP contribution in [0.1, 0.15) is 37.7 Å². The standard InChI is InChI=1S/C16H21F2NO2/c17-14-7-5-12(11-15(14)18)6-8-16(21)19(9-2-10-20)13-3-1-4-13/h5,7,11,13,20H,1-4,6,8-10H2. The number of amides is 1. The van der Waals surface area contributed by atoms with Gasteiger partial charge >= 0.3 is 0 Å². The fourth-order valence-electron chi connectivity index (χ4n) is 2.54. The van der Waals surface area contributed by atoms with Crippen LogP contribution in [-0.2, 0) is 11.2 Å². The van der Waals surface area contributed by atoms with Crippen molar-refractivity contribution in [3.8, 4) is 0 Å². The Balaban J connectivity index is 1.89. The zero-order valence-electron chi connectivity index (χ0n) is 12.0. The Labute approximate surface area is 123 Å². The van der Waals surface area contributed by atoms with Crippen LogP contribution in [0.15, 0.2) is 18.2 Å². The Hall–Kier alpha value is -1.49. The highest BCUT2D eigenvalue weighted by molar-refractivity contribution is 5.77. The second kappa shape index (κ2) is 7.50. The lowest BCUT2D eigenvalue weighted by Crippen LogP contribution is -2.45. The highest BCUT2D eigenvalue weighted by Crippen LogP contribution is 2.25. The molecule has 21 heavy (non-hydrogen) atoms. The van der Waals surface area contributed by atoms with Crippen LogP contribution in [0, 0.1) is 11.6 Å². The van der Waals surface area contributed by atoms with E-state index in [1.165, 1.54) is 6.07 Å². The number of nitrogens with zero attached hydrogens (tertiary/aromatic N) is 1. The first-order valence-electron chi connectivity index (χ1n) is 7.46. The molecule has 1 N–H and O–H groups in total. The van der Waals surface area contributed by atoms with Gasteiger partial charge in [0.15, 0.2) is 11.6 Å². The lowest BCUT2D eigenvalue weighted by molar-refractivity contribution is -0.135. The van der Waals surface area contributed by atoms with E-state index < -0.39 is 11.6 Å². The molecule has 116 valence electrons. The quantitative estimate of drug-likeness (QED) is 0.840. The molecule has 0 atom stereocenters. The molecular weight excluding hydrogens is 276 g/mol. The summed E-state index contributed by atoms with van der Waals surface area (Å²) in [5, 5.41) is 8.92. The fraction of sp³-hybridized carbons (Fsp3) is 0.562. The summed E-state index contributed by atoms with van der Waals surface area (Å²) >= 11 is 0. The number of aliphatic hydroxyl groups excluding tert-OH is 1. The van der Waals surface area contributed by atoms with Gasteiger partial charge in [0.05, 0.1) is 0 Å². The van der Waals surface area contributed by atoms with E-state index in [0.29, 0.717) is 24.9 Å². The Morgan fingerprint density at radius 2 is 2.05 bits per heavy atom. The van der Waals surface area contributed by atoms with E-state index in [2.05, 4.69) is 0 Å². The molecule has 0 aliphatic heterocycles. The predicted molar refractivity (Wildman–Crippen MR) is 75.7 cm³/mol. The zero-order chi connectivity index (χ0) is 15.2. The normalized spacial score (nSPS) is 14.8. The molecule has 1 aliphatic carbocycles. The number of carbonyl (C=O) groups is 1. The van der Waals surface area contributed by atoms with E-state index in [-0.39, 0.29) is 25.0 Å². The maximum atomic E-state index is 13.1. The van der Waals surface area contributed by atoms with Crippen molar-refractivity contribution in [3.05, 3.63) is 35.4 Å². The molecule has 0 radical (unpaired) electrons. The number of carbonyl (C=O) groups excluding carboxylic acids is 1. The summed E-state index contributed by atoms with van der Waals surface area (Å²) in [6.07, 6.45) is 4.43. The van der Waals surface area contributed by atoms with Gasteiger partial charge in [-0.1, -0.05) is 6.07 Å². The van der Waals surface area contributed by atoms with Crippen molar-refractivity contribution in [2.24, 2.45) is 0 Å². The summed E-state index contributed by atoms with van der Waals surface area (Å²) in [4.78, 5) is 14.1. The highest BCUT2D eigenvalue weighted by atomic mass is 19.2. The van der Waals surface area contributed by atoms with E-state index in [9.17, 15) is 13.6 Å². The third kappa shape index (κ3) is 4.24. The number of benzene rings is 1. The minimum atomic E-state index is -0.879. The summed E-state index contributed by atoms with van der Waals surface area (Å²) < 4.78 is 26.0. The molecule has 0 heterocycles. The first-order valence-corrected chi connectivity index (χ1v) is 7.46. The van der Waals surface area contributed by atoms with E-state index in [1.54, 1.807) is 0 Å². The van der Waals surface area contributed by atoms with Crippen molar-refractivity contribution in [3.63, 3.8) is 0 Å². The minimum Gasteiger partial charge on any atom is -0.396 e. The molecule has 1 aromatic rings.